The van der Waals surface area contributed by atoms with Crippen LogP contribution in [-0.2, 0) is 9.53 Å². The minimum atomic E-state index is -0.134. The standard InChI is InChI=1S/C21H32O3/c1-20-10-8-14(22)12-13(20)4-5-15-16-6-7-18(19(23)24-3)21(16,2)11-9-17(15)20/h4,14-18,22H,5-12H2,1-3H3/t14-,15+,16-,17-,18+,20-,21-/m0/s1. The Balaban J connectivity index is 1.64. The number of ether oxygens (including phenoxy) is 1. The molecule has 0 saturated heterocycles. The summed E-state index contributed by atoms with van der Waals surface area (Å²) in [5, 5.41) is 10.1. The van der Waals surface area contributed by atoms with Gasteiger partial charge in [-0.1, -0.05) is 25.5 Å². The Labute approximate surface area is 145 Å². The van der Waals surface area contributed by atoms with Gasteiger partial charge in [0.15, 0.2) is 0 Å². The van der Waals surface area contributed by atoms with Crippen molar-refractivity contribution in [3.8, 4) is 0 Å². The number of rotatable bonds is 1. The van der Waals surface area contributed by atoms with E-state index >= 15 is 0 Å². The van der Waals surface area contributed by atoms with Gasteiger partial charge < -0.3 is 9.84 Å². The second-order valence-corrected chi connectivity index (χ2v) is 9.35. The summed E-state index contributed by atoms with van der Waals surface area (Å²) in [6.45, 7) is 4.81. The van der Waals surface area contributed by atoms with Gasteiger partial charge in [-0.3, -0.25) is 4.79 Å². The van der Waals surface area contributed by atoms with Gasteiger partial charge in [0.25, 0.3) is 0 Å². The van der Waals surface area contributed by atoms with Crippen LogP contribution in [0.2, 0.25) is 0 Å². The third-order valence-corrected chi connectivity index (χ3v) is 8.56. The highest BCUT2D eigenvalue weighted by Crippen LogP contribution is 2.66. The van der Waals surface area contributed by atoms with E-state index in [1.165, 1.54) is 25.5 Å². The second kappa shape index (κ2) is 5.59. The topological polar surface area (TPSA) is 46.5 Å². The Morgan fingerprint density at radius 2 is 1.96 bits per heavy atom. The molecule has 1 N–H and O–H groups in total. The molecule has 24 heavy (non-hydrogen) atoms. The highest BCUT2D eigenvalue weighted by Gasteiger charge is 2.60. The summed E-state index contributed by atoms with van der Waals surface area (Å²) in [6, 6.07) is 0. The number of esters is 1. The van der Waals surface area contributed by atoms with Crippen molar-refractivity contribution in [2.45, 2.75) is 71.3 Å². The van der Waals surface area contributed by atoms with E-state index in [4.69, 9.17) is 4.74 Å². The van der Waals surface area contributed by atoms with Crippen LogP contribution in [0.5, 0.6) is 0 Å². The molecule has 0 aromatic carbocycles. The molecule has 3 fully saturated rings. The molecule has 0 heterocycles. The first-order valence-electron chi connectivity index (χ1n) is 9.85. The van der Waals surface area contributed by atoms with Crippen LogP contribution in [0.4, 0.5) is 0 Å². The molecule has 4 aliphatic rings. The van der Waals surface area contributed by atoms with Gasteiger partial charge in [0.05, 0.1) is 19.1 Å². The minimum absolute atomic E-state index is 0.0116. The molecule has 0 aliphatic heterocycles. The summed E-state index contributed by atoms with van der Waals surface area (Å²) in [5.41, 5.74) is 1.94. The van der Waals surface area contributed by atoms with E-state index in [0.29, 0.717) is 11.8 Å². The number of aliphatic hydroxyl groups is 1. The number of methoxy groups -OCH3 is 1. The first-order valence-corrected chi connectivity index (χ1v) is 9.85. The summed E-state index contributed by atoms with van der Waals surface area (Å²) in [5.74, 6) is 2.21. The summed E-state index contributed by atoms with van der Waals surface area (Å²) in [7, 11) is 1.54. The molecular weight excluding hydrogens is 300 g/mol. The number of fused-ring (bicyclic) bond motifs is 5. The molecule has 0 radical (unpaired) electrons. The van der Waals surface area contributed by atoms with Gasteiger partial charge >= 0.3 is 5.97 Å². The molecule has 0 aromatic rings. The molecule has 0 unspecified atom stereocenters. The normalized spacial score (nSPS) is 50.3. The number of aliphatic hydroxyl groups excluding tert-OH is 1. The van der Waals surface area contributed by atoms with Crippen LogP contribution < -0.4 is 0 Å². The van der Waals surface area contributed by atoms with Gasteiger partial charge in [-0.25, -0.2) is 0 Å². The van der Waals surface area contributed by atoms with Crippen LogP contribution in [0.25, 0.3) is 0 Å². The van der Waals surface area contributed by atoms with Crippen molar-refractivity contribution < 1.29 is 14.6 Å². The van der Waals surface area contributed by atoms with Gasteiger partial charge in [-0.05, 0) is 80.0 Å². The number of hydrogen-bond donors (Lipinski definition) is 1. The number of allylic oxidation sites excluding steroid dienone is 1. The van der Waals surface area contributed by atoms with Crippen LogP contribution in [0.1, 0.15) is 65.2 Å². The van der Waals surface area contributed by atoms with Gasteiger partial charge in [0, 0.05) is 0 Å². The van der Waals surface area contributed by atoms with Crippen molar-refractivity contribution in [1.82, 2.24) is 0 Å². The third-order valence-electron chi connectivity index (χ3n) is 8.56. The first kappa shape index (κ1) is 16.6. The van der Waals surface area contributed by atoms with Crippen LogP contribution in [-0.4, -0.2) is 24.3 Å². The largest absolute Gasteiger partial charge is 0.469 e. The first-order chi connectivity index (χ1) is 11.4. The van der Waals surface area contributed by atoms with Crippen molar-refractivity contribution in [2.75, 3.05) is 7.11 Å². The van der Waals surface area contributed by atoms with Crippen molar-refractivity contribution in [1.29, 1.82) is 0 Å². The fourth-order valence-corrected chi connectivity index (χ4v) is 7.17. The van der Waals surface area contributed by atoms with E-state index in [2.05, 4.69) is 19.9 Å². The second-order valence-electron chi connectivity index (χ2n) is 9.35. The Kier molecular flexibility index (Phi) is 3.87. The Bertz CT molecular complexity index is 567. The fourth-order valence-electron chi connectivity index (χ4n) is 7.17. The molecule has 134 valence electrons. The molecule has 3 nitrogen and oxygen atoms in total. The Morgan fingerprint density at radius 3 is 2.71 bits per heavy atom. The molecule has 7 atom stereocenters. The molecule has 3 saturated carbocycles. The predicted molar refractivity (Wildman–Crippen MR) is 93.2 cm³/mol. The SMILES string of the molecule is COC(=O)[C@H]1CC[C@H]2[C@H]3CC=C4C[C@@H](O)CC[C@]4(C)[C@H]3CC[C@]12C. The van der Waals surface area contributed by atoms with Crippen molar-refractivity contribution in [3.05, 3.63) is 11.6 Å². The van der Waals surface area contributed by atoms with Gasteiger partial charge in [-0.15, -0.1) is 0 Å². The van der Waals surface area contributed by atoms with Gasteiger partial charge in [0.1, 0.15) is 0 Å². The van der Waals surface area contributed by atoms with Crippen LogP contribution in [0.15, 0.2) is 11.6 Å². The van der Waals surface area contributed by atoms with Crippen LogP contribution in [0, 0.1) is 34.5 Å². The van der Waals surface area contributed by atoms with Gasteiger partial charge in [0.2, 0.25) is 0 Å². The lowest BCUT2D eigenvalue weighted by Gasteiger charge is -2.57. The number of hydrogen-bond acceptors (Lipinski definition) is 3. The maximum atomic E-state index is 12.3. The smallest absolute Gasteiger partial charge is 0.309 e. The quantitative estimate of drug-likeness (QED) is 0.581. The van der Waals surface area contributed by atoms with Crippen molar-refractivity contribution in [3.63, 3.8) is 0 Å². The lowest BCUT2D eigenvalue weighted by atomic mass is 9.47. The highest BCUT2D eigenvalue weighted by molar-refractivity contribution is 5.73. The lowest BCUT2D eigenvalue weighted by molar-refractivity contribution is -0.152. The fraction of sp³-hybridized carbons (Fsp3) is 0.857. The summed E-state index contributed by atoms with van der Waals surface area (Å²) < 4.78 is 5.12. The van der Waals surface area contributed by atoms with E-state index < -0.39 is 0 Å². The molecule has 3 heteroatoms. The zero-order valence-corrected chi connectivity index (χ0v) is 15.4. The monoisotopic (exact) mass is 332 g/mol. The lowest BCUT2D eigenvalue weighted by Crippen LogP contribution is -2.51. The zero-order chi connectivity index (χ0) is 17.1. The number of carbonyl (C=O) groups excluding carboxylic acids is 1. The highest BCUT2D eigenvalue weighted by atomic mass is 16.5. The van der Waals surface area contributed by atoms with E-state index in [1.807, 2.05) is 0 Å². The molecule has 0 spiro atoms. The molecule has 0 amide bonds. The van der Waals surface area contributed by atoms with Crippen molar-refractivity contribution >= 4 is 5.97 Å². The zero-order valence-electron chi connectivity index (χ0n) is 15.4. The minimum Gasteiger partial charge on any atom is -0.469 e. The Morgan fingerprint density at radius 1 is 1.17 bits per heavy atom. The molecule has 4 rings (SSSR count). The summed E-state index contributed by atoms with van der Waals surface area (Å²) >= 11 is 0. The van der Waals surface area contributed by atoms with Crippen LogP contribution >= 0.6 is 0 Å². The maximum absolute atomic E-state index is 12.3. The predicted octanol–water partition coefficient (Wildman–Crippen LogP) is 4.10. The van der Waals surface area contributed by atoms with E-state index in [-0.39, 0.29) is 28.8 Å². The third kappa shape index (κ3) is 2.16. The van der Waals surface area contributed by atoms with Crippen LogP contribution in [0.3, 0.4) is 0 Å². The molecular formula is C21H32O3. The van der Waals surface area contributed by atoms with Gasteiger partial charge in [-0.2, -0.15) is 0 Å². The van der Waals surface area contributed by atoms with E-state index in [1.54, 1.807) is 0 Å². The van der Waals surface area contributed by atoms with Crippen molar-refractivity contribution in [2.24, 2.45) is 34.5 Å². The molecule has 0 bridgehead atoms. The Hall–Kier alpha value is -0.830. The molecule has 0 aromatic heterocycles. The maximum Gasteiger partial charge on any atom is 0.309 e. The average molecular weight is 332 g/mol. The average Bonchev–Trinajstić information content (AvgIpc) is 2.92. The summed E-state index contributed by atoms with van der Waals surface area (Å²) in [4.78, 5) is 12.3. The van der Waals surface area contributed by atoms with E-state index in [9.17, 15) is 9.90 Å². The summed E-state index contributed by atoms with van der Waals surface area (Å²) in [6.07, 6.45) is 11.0. The number of carbonyl (C=O) groups is 1. The molecule has 4 aliphatic carbocycles. The van der Waals surface area contributed by atoms with E-state index in [0.717, 1.165) is 44.4 Å².